The molecule has 10 rings (SSSR count). The van der Waals surface area contributed by atoms with E-state index in [-0.39, 0.29) is 0 Å². The average Bonchev–Trinajstić information content (AvgIpc) is 3.85. The lowest BCUT2D eigenvalue weighted by molar-refractivity contribution is 0.714. The van der Waals surface area contributed by atoms with Crippen LogP contribution in [-0.2, 0) is 5.41 Å². The minimum Gasteiger partial charge on any atom is -0.0622 e. The van der Waals surface area contributed by atoms with Crippen molar-refractivity contribution in [2.45, 2.75) is 12.3 Å². The highest BCUT2D eigenvalue weighted by molar-refractivity contribution is 6.20. The molecule has 1 aliphatic carbocycles. The molecule has 0 N–H and O–H groups in total. The number of hydrogen-bond acceptors (Lipinski definition) is 0. The van der Waals surface area contributed by atoms with Crippen LogP contribution in [0.3, 0.4) is 0 Å². The first-order valence-electron chi connectivity index (χ1n) is 29.0. The van der Waals surface area contributed by atoms with Crippen molar-refractivity contribution < 1.29 is 39.8 Å². The lowest BCUT2D eigenvalue weighted by Gasteiger charge is -2.28. The maximum atomic E-state index is 9.89. The van der Waals surface area contributed by atoms with E-state index in [1.54, 1.807) is 0 Å². The van der Waals surface area contributed by atoms with Crippen molar-refractivity contribution in [1.82, 2.24) is 0 Å². The third-order valence-electron chi connectivity index (χ3n) is 8.56. The van der Waals surface area contributed by atoms with Gasteiger partial charge < -0.3 is 0 Å². The Morgan fingerprint density at radius 3 is 1.83 bits per heavy atom. The Bertz CT molecular complexity index is 4360. The maximum absolute atomic E-state index is 9.89. The van der Waals surface area contributed by atoms with E-state index in [2.05, 4.69) is 0 Å². The van der Waals surface area contributed by atoms with Crippen LogP contribution in [0.25, 0.3) is 76.5 Å². The molecule has 9 aromatic carbocycles. The summed E-state index contributed by atoms with van der Waals surface area (Å²) in [6.07, 6.45) is 0. The van der Waals surface area contributed by atoms with Gasteiger partial charge in [-0.25, -0.2) is 0 Å². The first-order chi connectivity index (χ1) is 35.8. The zero-order chi connectivity index (χ0) is 57.1. The molecule has 9 aromatic rings. The summed E-state index contributed by atoms with van der Waals surface area (Å²) in [6, 6.07) is -25.9. The summed E-state index contributed by atoms with van der Waals surface area (Å²) in [5, 5.41) is -5.05. The van der Waals surface area contributed by atoms with Crippen LogP contribution in [0, 0.1) is 0 Å². The van der Waals surface area contributed by atoms with Crippen molar-refractivity contribution in [1.29, 1.82) is 0 Å². The second-order valence-corrected chi connectivity index (χ2v) is 11.1. The molecule has 1 aliphatic rings. The van der Waals surface area contributed by atoms with Gasteiger partial charge in [0.2, 0.25) is 0 Å². The van der Waals surface area contributed by atoms with E-state index in [4.69, 9.17) is 24.7 Å². The molecule has 48 heavy (non-hydrogen) atoms. The van der Waals surface area contributed by atoms with E-state index in [1.165, 1.54) is 6.92 Å². The Labute approximate surface area is 321 Å². The molecule has 0 fully saturated rings. The Hall–Kier alpha value is -5.98. The normalized spacial score (nSPS) is 23.7. The molecule has 224 valence electrons. The number of benzene rings is 9. The van der Waals surface area contributed by atoms with Crippen LogP contribution in [0.4, 0.5) is 0 Å². The molecule has 0 nitrogen and oxygen atoms in total. The topological polar surface area (TPSA) is 0 Å². The fraction of sp³-hybridized carbons (Fsp3) is 0.0417. The van der Waals surface area contributed by atoms with E-state index < -0.39 is 274 Å². The van der Waals surface area contributed by atoms with Gasteiger partial charge in [-0.05, 0) is 124 Å². The number of rotatable bonds is 3. The van der Waals surface area contributed by atoms with Gasteiger partial charge in [0.05, 0.1) is 39.8 Å². The minimum atomic E-state index is -2.36. The van der Waals surface area contributed by atoms with Crippen LogP contribution < -0.4 is 0 Å². The molecule has 0 saturated carbocycles. The van der Waals surface area contributed by atoms with E-state index in [9.17, 15) is 15.1 Å². The largest absolute Gasteiger partial charge is 0.0636 e. The van der Waals surface area contributed by atoms with E-state index >= 15 is 0 Å². The van der Waals surface area contributed by atoms with Gasteiger partial charge in [-0.1, -0.05) is 151 Å². The van der Waals surface area contributed by atoms with Gasteiger partial charge in [-0.15, -0.1) is 0 Å². The summed E-state index contributed by atoms with van der Waals surface area (Å²) in [4.78, 5) is 0. The first kappa shape index (κ1) is 11.0. The van der Waals surface area contributed by atoms with E-state index in [0.29, 0.717) is 0 Å². The Morgan fingerprint density at radius 2 is 0.979 bits per heavy atom. The molecule has 0 bridgehead atoms. The van der Waals surface area contributed by atoms with Crippen LogP contribution >= 0.6 is 0 Å². The molecule has 0 saturated heterocycles. The van der Waals surface area contributed by atoms with Gasteiger partial charge in [0.15, 0.2) is 0 Å². The second-order valence-electron chi connectivity index (χ2n) is 11.1. The predicted molar refractivity (Wildman–Crippen MR) is 205 cm³/mol. The summed E-state index contributed by atoms with van der Waals surface area (Å²) in [7, 11) is 0. The zero-order valence-electron chi connectivity index (χ0n) is 53.5. The fourth-order valence-corrected chi connectivity index (χ4v) is 6.28. The molecule has 0 aromatic heterocycles. The SMILES string of the molecule is [2H]c1c([2H])c([2H])c(C2(C)c3c([2H])c([2H])c([2H])c([2H])c3-c3c([2H])c([2H])c(-c4c([2H])c([2H])c5c([2H])c(-c6c7c([2H])c([2H])c([2H])c([2H])c7c([2H])c7c6c([2H])c([2H])c6c([2H])c([2H])c([2H])c([2H])c67)c([2H])c([2H])c5c4[2H])c([2H])c32)c([2H])c1[2H]. The van der Waals surface area contributed by atoms with Gasteiger partial charge in [0.25, 0.3) is 0 Å². The Morgan fingerprint density at radius 1 is 0.375 bits per heavy atom. The summed E-state index contributed by atoms with van der Waals surface area (Å²) in [5.41, 5.74) is -7.94. The highest BCUT2D eigenvalue weighted by Gasteiger charge is 2.40. The van der Waals surface area contributed by atoms with Crippen molar-refractivity contribution in [2.24, 2.45) is 0 Å². The average molecular weight is 638 g/mol. The number of hydrogen-bond donors (Lipinski definition) is 0. The summed E-state index contributed by atoms with van der Waals surface area (Å²) in [5.74, 6) is 0. The second kappa shape index (κ2) is 10.3. The van der Waals surface area contributed by atoms with Crippen LogP contribution in [0.1, 0.15) is 63.4 Å². The highest BCUT2D eigenvalue weighted by atomic mass is 14.4. The predicted octanol–water partition coefficient (Wildman–Crippen LogP) is 13.0. The molecular formula is C48H32. The highest BCUT2D eigenvalue weighted by Crippen LogP contribution is 2.53. The van der Waals surface area contributed by atoms with Crippen LogP contribution in [-0.4, -0.2) is 0 Å². The molecule has 0 amide bonds. The lowest BCUT2D eigenvalue weighted by Crippen LogP contribution is -2.22. The summed E-state index contributed by atoms with van der Waals surface area (Å²) >= 11 is 0. The van der Waals surface area contributed by atoms with Crippen LogP contribution in [0.5, 0.6) is 0 Å². The third-order valence-corrected chi connectivity index (χ3v) is 8.56. The molecule has 1 unspecified atom stereocenters. The molecule has 1 atom stereocenters. The van der Waals surface area contributed by atoms with Crippen molar-refractivity contribution in [2.75, 3.05) is 0 Å². The standard InChI is InChI=1S/C48H32/c1-48(38-13-3-2-4-14-38)45-18-10-9-17-41(45)42-25-24-35(30-46(42)48)33-19-20-34-28-37(22-21-32(34)27-33)47-40-16-8-6-12-36(40)29-44-39-15-7-5-11-31(39)23-26-43(44)47/h2-30H,1H3/i2D,3D,4D,5D,6D,7D,8D,9D,10D,11D,12D,13D,14D,15D,16D,17D,18D,19D,20D,21D,22D,23D,24D,25D,26D,27D,28D,29D,30D. The number of fused-ring (bicyclic) bond motifs is 8. The minimum absolute atomic E-state index is 0.434. The summed E-state index contributed by atoms with van der Waals surface area (Å²) in [6.45, 7) is 1.20. The van der Waals surface area contributed by atoms with Gasteiger partial charge in [-0.2, -0.15) is 0 Å². The third kappa shape index (κ3) is 3.90. The molecular weight excluding hydrogens is 577 g/mol. The Kier molecular flexibility index (Phi) is 2.36. The first-order valence-corrected chi connectivity index (χ1v) is 14.5. The van der Waals surface area contributed by atoms with Crippen molar-refractivity contribution in [3.63, 3.8) is 0 Å². The molecule has 0 heterocycles. The molecule has 0 spiro atoms. The summed E-state index contributed by atoms with van der Waals surface area (Å²) < 4.78 is 263. The van der Waals surface area contributed by atoms with E-state index in [0.717, 1.165) is 0 Å². The van der Waals surface area contributed by atoms with Gasteiger partial charge in [0.1, 0.15) is 0 Å². The van der Waals surface area contributed by atoms with Crippen molar-refractivity contribution >= 4 is 43.1 Å². The Balaban J connectivity index is 1.39. The maximum Gasteiger partial charge on any atom is 0.0636 e. The molecule has 0 radical (unpaired) electrons. The van der Waals surface area contributed by atoms with Gasteiger partial charge in [-0.3, -0.25) is 0 Å². The molecule has 0 aliphatic heterocycles. The van der Waals surface area contributed by atoms with E-state index in [1.807, 2.05) is 0 Å². The smallest absolute Gasteiger partial charge is 0.0622 e. The van der Waals surface area contributed by atoms with Gasteiger partial charge in [0, 0.05) is 5.41 Å². The molecule has 0 heteroatoms. The van der Waals surface area contributed by atoms with Crippen molar-refractivity contribution in [3.05, 3.63) is 192 Å². The monoisotopic (exact) mass is 637 g/mol. The zero-order valence-corrected chi connectivity index (χ0v) is 24.5. The fourth-order valence-electron chi connectivity index (χ4n) is 6.28. The van der Waals surface area contributed by atoms with Gasteiger partial charge >= 0.3 is 0 Å². The quantitative estimate of drug-likeness (QED) is 0.134. The van der Waals surface area contributed by atoms with Crippen molar-refractivity contribution in [3.8, 4) is 33.4 Å². The van der Waals surface area contributed by atoms with Crippen LogP contribution in [0.2, 0.25) is 0 Å². The van der Waals surface area contributed by atoms with Crippen LogP contribution in [0.15, 0.2) is 175 Å². The lowest BCUT2D eigenvalue weighted by atomic mass is 9.74.